The van der Waals surface area contributed by atoms with Gasteiger partial charge in [0.1, 0.15) is 0 Å². The van der Waals surface area contributed by atoms with Gasteiger partial charge >= 0.3 is 0 Å². The molecule has 4 heteroatoms. The van der Waals surface area contributed by atoms with Crippen molar-refractivity contribution >= 4 is 5.91 Å². The minimum atomic E-state index is 0.121. The first kappa shape index (κ1) is 11.2. The van der Waals surface area contributed by atoms with Crippen LogP contribution in [0.4, 0.5) is 0 Å². The molecule has 4 nitrogen and oxygen atoms in total. The van der Waals surface area contributed by atoms with Gasteiger partial charge in [0.25, 0.3) is 0 Å². The van der Waals surface area contributed by atoms with Crippen molar-refractivity contribution in [2.45, 2.75) is 31.8 Å². The van der Waals surface area contributed by atoms with Crippen LogP contribution in [0, 0.1) is 5.92 Å². The van der Waals surface area contributed by atoms with E-state index < -0.39 is 0 Å². The molecule has 0 spiro atoms. The Morgan fingerprint density at radius 3 is 3.00 bits per heavy atom. The summed E-state index contributed by atoms with van der Waals surface area (Å²) in [5.41, 5.74) is 6.91. The maximum Gasteiger partial charge on any atom is 0.223 e. The van der Waals surface area contributed by atoms with Gasteiger partial charge in [-0.2, -0.15) is 0 Å². The van der Waals surface area contributed by atoms with Crippen molar-refractivity contribution in [3.8, 4) is 0 Å². The molecule has 2 rings (SSSR count). The number of hydrogen-bond acceptors (Lipinski definition) is 2. The van der Waals surface area contributed by atoms with E-state index in [2.05, 4.69) is 5.32 Å². The highest BCUT2D eigenvalue weighted by atomic mass is 16.1. The zero-order chi connectivity index (χ0) is 11.5. The zero-order valence-electron chi connectivity index (χ0n) is 9.65. The molecule has 3 N–H and O–H groups in total. The topological polar surface area (TPSA) is 60.0 Å². The van der Waals surface area contributed by atoms with Gasteiger partial charge in [0.15, 0.2) is 0 Å². The number of carbonyl (C=O) groups excluding carboxylic acids is 1. The second kappa shape index (κ2) is 4.70. The van der Waals surface area contributed by atoms with E-state index in [-0.39, 0.29) is 17.9 Å². The number of hydrogen-bond donors (Lipinski definition) is 2. The molecular formula is C12H19N3O. The molecular weight excluding hydrogens is 202 g/mol. The number of nitrogens with two attached hydrogens (primary N) is 1. The summed E-state index contributed by atoms with van der Waals surface area (Å²) in [6.07, 6.45) is 4.72. The Kier molecular flexibility index (Phi) is 3.29. The lowest BCUT2D eigenvalue weighted by atomic mass is 10.1. The van der Waals surface area contributed by atoms with Crippen molar-refractivity contribution in [2.24, 2.45) is 18.7 Å². The van der Waals surface area contributed by atoms with Crippen LogP contribution in [-0.2, 0) is 18.4 Å². The number of carbonyl (C=O) groups is 1. The lowest BCUT2D eigenvalue weighted by Gasteiger charge is -2.11. The molecule has 1 fully saturated rings. The summed E-state index contributed by atoms with van der Waals surface area (Å²) in [6.45, 7) is 0.605. The normalized spacial score (nSPS) is 24.6. The molecule has 1 saturated carbocycles. The summed E-state index contributed by atoms with van der Waals surface area (Å²) >= 11 is 0. The molecule has 0 aliphatic heterocycles. The maximum absolute atomic E-state index is 11.8. The molecule has 0 saturated heterocycles. The molecule has 0 aromatic carbocycles. The third-order valence-electron chi connectivity index (χ3n) is 3.34. The minimum Gasteiger partial charge on any atom is -0.353 e. The number of rotatable bonds is 3. The molecule has 88 valence electrons. The Balaban J connectivity index is 1.82. The van der Waals surface area contributed by atoms with E-state index in [1.54, 1.807) is 0 Å². The van der Waals surface area contributed by atoms with Crippen LogP contribution < -0.4 is 11.1 Å². The molecule has 0 radical (unpaired) electrons. The SMILES string of the molecule is Cn1cccc1CNC(=O)C1CCC(N)C1. The van der Waals surface area contributed by atoms with Gasteiger partial charge < -0.3 is 15.6 Å². The lowest BCUT2D eigenvalue weighted by molar-refractivity contribution is -0.125. The molecule has 1 heterocycles. The van der Waals surface area contributed by atoms with E-state index in [1.807, 2.05) is 29.9 Å². The first-order valence-electron chi connectivity index (χ1n) is 5.80. The molecule has 0 bridgehead atoms. The van der Waals surface area contributed by atoms with Crippen LogP contribution in [0.25, 0.3) is 0 Å². The van der Waals surface area contributed by atoms with Crippen LogP contribution in [0.5, 0.6) is 0 Å². The number of amides is 1. The first-order valence-corrected chi connectivity index (χ1v) is 5.80. The quantitative estimate of drug-likeness (QED) is 0.792. The second-order valence-electron chi connectivity index (χ2n) is 4.60. The number of nitrogens with one attached hydrogen (secondary N) is 1. The van der Waals surface area contributed by atoms with Gasteiger partial charge in [-0.05, 0) is 31.4 Å². The van der Waals surface area contributed by atoms with Gasteiger partial charge in [-0.15, -0.1) is 0 Å². The van der Waals surface area contributed by atoms with Crippen LogP contribution in [-0.4, -0.2) is 16.5 Å². The summed E-state index contributed by atoms with van der Waals surface area (Å²) in [5, 5.41) is 2.97. The van der Waals surface area contributed by atoms with Gasteiger partial charge in [-0.3, -0.25) is 4.79 Å². The van der Waals surface area contributed by atoms with Gasteiger partial charge in [0, 0.05) is 30.9 Å². The zero-order valence-corrected chi connectivity index (χ0v) is 9.65. The van der Waals surface area contributed by atoms with Crippen molar-refractivity contribution in [3.05, 3.63) is 24.0 Å². The summed E-state index contributed by atoms with van der Waals surface area (Å²) in [5.74, 6) is 0.268. The summed E-state index contributed by atoms with van der Waals surface area (Å²) < 4.78 is 2.01. The van der Waals surface area contributed by atoms with Crippen molar-refractivity contribution < 1.29 is 4.79 Å². The second-order valence-corrected chi connectivity index (χ2v) is 4.60. The average molecular weight is 221 g/mol. The van der Waals surface area contributed by atoms with Crippen LogP contribution >= 0.6 is 0 Å². The van der Waals surface area contributed by atoms with E-state index in [4.69, 9.17) is 5.73 Å². The Bertz CT molecular complexity index is 372. The molecule has 16 heavy (non-hydrogen) atoms. The fourth-order valence-electron chi connectivity index (χ4n) is 2.26. The summed E-state index contributed by atoms with van der Waals surface area (Å²) in [6, 6.07) is 4.21. The van der Waals surface area contributed by atoms with E-state index >= 15 is 0 Å². The van der Waals surface area contributed by atoms with Crippen LogP contribution in [0.2, 0.25) is 0 Å². The third-order valence-corrected chi connectivity index (χ3v) is 3.34. The highest BCUT2D eigenvalue weighted by molar-refractivity contribution is 5.78. The molecule has 1 aliphatic rings. The monoisotopic (exact) mass is 221 g/mol. The Labute approximate surface area is 95.8 Å². The van der Waals surface area contributed by atoms with E-state index in [0.29, 0.717) is 6.54 Å². The Morgan fingerprint density at radius 1 is 1.62 bits per heavy atom. The van der Waals surface area contributed by atoms with E-state index in [0.717, 1.165) is 25.0 Å². The molecule has 2 unspecified atom stereocenters. The molecule has 1 aromatic heterocycles. The van der Waals surface area contributed by atoms with Gasteiger partial charge in [-0.1, -0.05) is 0 Å². The van der Waals surface area contributed by atoms with Crippen molar-refractivity contribution in [1.29, 1.82) is 0 Å². The predicted molar refractivity (Wildman–Crippen MR) is 62.6 cm³/mol. The number of aryl methyl sites for hydroxylation is 1. The molecule has 1 aliphatic carbocycles. The van der Waals surface area contributed by atoms with E-state index in [1.165, 1.54) is 0 Å². The highest BCUT2D eigenvalue weighted by Crippen LogP contribution is 2.24. The highest BCUT2D eigenvalue weighted by Gasteiger charge is 2.27. The van der Waals surface area contributed by atoms with Gasteiger partial charge in [0.2, 0.25) is 5.91 Å². The summed E-state index contributed by atoms with van der Waals surface area (Å²) in [7, 11) is 1.98. The standard InChI is InChI=1S/C12H19N3O/c1-15-6-2-3-11(15)8-14-12(16)9-4-5-10(13)7-9/h2-3,6,9-10H,4-5,7-8,13H2,1H3,(H,14,16). The van der Waals surface area contributed by atoms with E-state index in [9.17, 15) is 4.79 Å². The average Bonchev–Trinajstić information content (AvgIpc) is 2.84. The summed E-state index contributed by atoms with van der Waals surface area (Å²) in [4.78, 5) is 11.8. The number of nitrogens with zero attached hydrogens (tertiary/aromatic N) is 1. The maximum atomic E-state index is 11.8. The fourth-order valence-corrected chi connectivity index (χ4v) is 2.26. The first-order chi connectivity index (χ1) is 7.66. The Morgan fingerprint density at radius 2 is 2.44 bits per heavy atom. The molecule has 1 amide bonds. The third kappa shape index (κ3) is 2.44. The van der Waals surface area contributed by atoms with Gasteiger partial charge in [0.05, 0.1) is 6.54 Å². The minimum absolute atomic E-state index is 0.121. The number of aromatic nitrogens is 1. The van der Waals surface area contributed by atoms with Gasteiger partial charge in [-0.25, -0.2) is 0 Å². The fraction of sp³-hybridized carbons (Fsp3) is 0.583. The van der Waals surface area contributed by atoms with Crippen LogP contribution in [0.1, 0.15) is 25.0 Å². The van der Waals surface area contributed by atoms with Crippen LogP contribution in [0.3, 0.4) is 0 Å². The van der Waals surface area contributed by atoms with Crippen LogP contribution in [0.15, 0.2) is 18.3 Å². The Hall–Kier alpha value is -1.29. The molecule has 2 atom stereocenters. The molecule has 1 aromatic rings. The largest absolute Gasteiger partial charge is 0.353 e. The van der Waals surface area contributed by atoms with Crippen molar-refractivity contribution in [3.63, 3.8) is 0 Å². The predicted octanol–water partition coefficient (Wildman–Crippen LogP) is 0.769. The lowest BCUT2D eigenvalue weighted by Crippen LogP contribution is -2.30. The van der Waals surface area contributed by atoms with Crippen molar-refractivity contribution in [1.82, 2.24) is 9.88 Å². The van der Waals surface area contributed by atoms with Crippen molar-refractivity contribution in [2.75, 3.05) is 0 Å². The smallest absolute Gasteiger partial charge is 0.223 e.